The van der Waals surface area contributed by atoms with Crippen molar-refractivity contribution >= 4 is 34.3 Å². The number of hydrogen-bond donors (Lipinski definition) is 2. The number of likely N-dealkylation sites (tertiary alicyclic amines) is 1. The van der Waals surface area contributed by atoms with Crippen molar-refractivity contribution in [3.8, 4) is 0 Å². The van der Waals surface area contributed by atoms with Crippen molar-refractivity contribution in [1.29, 1.82) is 0 Å². The number of carbonyl (C=O) groups is 2. The first-order valence-electron chi connectivity index (χ1n) is 9.88. The third kappa shape index (κ3) is 4.68. The number of hydrogen-bond acceptors (Lipinski definition) is 4. The average molecular weight is 389 g/mol. The molecule has 1 fully saturated rings. The zero-order valence-electron chi connectivity index (χ0n) is 16.1. The maximum Gasteiger partial charge on any atom is 0.321 e. The van der Waals surface area contributed by atoms with Crippen molar-refractivity contribution in [3.05, 3.63) is 60.4 Å². The Morgan fingerprint density at radius 3 is 2.10 bits per heavy atom. The minimum atomic E-state index is -0.329. The van der Waals surface area contributed by atoms with Gasteiger partial charge in [-0.3, -0.25) is 9.78 Å². The van der Waals surface area contributed by atoms with Crippen molar-refractivity contribution in [3.63, 3.8) is 0 Å². The summed E-state index contributed by atoms with van der Waals surface area (Å²) in [5, 5.41) is 5.73. The first kappa shape index (κ1) is 18.9. The zero-order valence-corrected chi connectivity index (χ0v) is 16.1. The summed E-state index contributed by atoms with van der Waals surface area (Å²) >= 11 is 0. The lowest BCUT2D eigenvalue weighted by molar-refractivity contribution is 0.102. The van der Waals surface area contributed by atoms with Crippen LogP contribution in [-0.4, -0.2) is 39.9 Å². The molecule has 3 aromatic rings. The van der Waals surface area contributed by atoms with Gasteiger partial charge in [0.15, 0.2) is 0 Å². The second-order valence-corrected chi connectivity index (χ2v) is 7.11. The number of para-hydroxylation sites is 2. The summed E-state index contributed by atoms with van der Waals surface area (Å²) < 4.78 is 0. The molecule has 1 aliphatic rings. The van der Waals surface area contributed by atoms with Crippen LogP contribution in [0, 0.1) is 0 Å². The van der Waals surface area contributed by atoms with E-state index in [1.165, 1.54) is 19.0 Å². The van der Waals surface area contributed by atoms with Crippen molar-refractivity contribution < 1.29 is 9.59 Å². The number of aromatic nitrogens is 2. The topological polar surface area (TPSA) is 87.2 Å². The van der Waals surface area contributed by atoms with E-state index in [0.29, 0.717) is 16.9 Å². The van der Waals surface area contributed by atoms with Crippen LogP contribution in [0.2, 0.25) is 0 Å². The molecule has 3 amide bonds. The number of nitrogens with one attached hydrogen (secondary N) is 2. The van der Waals surface area contributed by atoms with Gasteiger partial charge in [-0.25, -0.2) is 9.78 Å². The average Bonchev–Trinajstić information content (AvgIpc) is 3.04. The lowest BCUT2D eigenvalue weighted by atomic mass is 10.2. The molecule has 1 aliphatic heterocycles. The Balaban J connectivity index is 1.38. The first-order valence-corrected chi connectivity index (χ1v) is 9.88. The van der Waals surface area contributed by atoms with Gasteiger partial charge in [-0.05, 0) is 49.2 Å². The maximum absolute atomic E-state index is 12.5. The van der Waals surface area contributed by atoms with Gasteiger partial charge in [0, 0.05) is 24.5 Å². The molecule has 1 aromatic heterocycles. The highest BCUT2D eigenvalue weighted by molar-refractivity contribution is 6.03. The summed E-state index contributed by atoms with van der Waals surface area (Å²) in [6, 6.07) is 14.4. The normalized spacial score (nSPS) is 14.3. The van der Waals surface area contributed by atoms with Gasteiger partial charge in [0.25, 0.3) is 5.91 Å². The van der Waals surface area contributed by atoms with E-state index in [1.54, 1.807) is 24.3 Å². The highest BCUT2D eigenvalue weighted by Crippen LogP contribution is 2.17. The Morgan fingerprint density at radius 2 is 1.41 bits per heavy atom. The van der Waals surface area contributed by atoms with Crippen molar-refractivity contribution in [2.45, 2.75) is 25.7 Å². The molecule has 0 saturated carbocycles. The summed E-state index contributed by atoms with van der Waals surface area (Å²) in [4.78, 5) is 35.4. The molecule has 0 unspecified atom stereocenters. The smallest absolute Gasteiger partial charge is 0.321 e. The fourth-order valence-electron chi connectivity index (χ4n) is 3.37. The molecule has 7 heteroatoms. The van der Waals surface area contributed by atoms with E-state index in [-0.39, 0.29) is 17.6 Å². The van der Waals surface area contributed by atoms with Crippen LogP contribution in [0.5, 0.6) is 0 Å². The highest BCUT2D eigenvalue weighted by atomic mass is 16.2. The molecule has 29 heavy (non-hydrogen) atoms. The van der Waals surface area contributed by atoms with E-state index in [9.17, 15) is 9.59 Å². The third-order valence-electron chi connectivity index (χ3n) is 4.97. The molecule has 4 rings (SSSR count). The second kappa shape index (κ2) is 8.68. The van der Waals surface area contributed by atoms with Gasteiger partial charge in [0.1, 0.15) is 5.69 Å². The van der Waals surface area contributed by atoms with Crippen LogP contribution < -0.4 is 10.6 Å². The van der Waals surface area contributed by atoms with E-state index >= 15 is 0 Å². The number of benzene rings is 2. The van der Waals surface area contributed by atoms with Gasteiger partial charge in [-0.2, -0.15) is 0 Å². The molecule has 7 nitrogen and oxygen atoms in total. The van der Waals surface area contributed by atoms with Gasteiger partial charge in [-0.1, -0.05) is 25.0 Å². The van der Waals surface area contributed by atoms with E-state index < -0.39 is 0 Å². The molecule has 0 bridgehead atoms. The number of anilines is 2. The quantitative estimate of drug-likeness (QED) is 0.699. The van der Waals surface area contributed by atoms with Crippen molar-refractivity contribution in [1.82, 2.24) is 14.9 Å². The summed E-state index contributed by atoms with van der Waals surface area (Å²) in [7, 11) is 0. The van der Waals surface area contributed by atoms with Crippen molar-refractivity contribution in [2.75, 3.05) is 23.7 Å². The number of rotatable bonds is 3. The Kier molecular flexibility index (Phi) is 5.65. The molecule has 0 radical (unpaired) electrons. The van der Waals surface area contributed by atoms with Crippen LogP contribution in [0.25, 0.3) is 11.0 Å². The number of fused-ring (bicyclic) bond motifs is 1. The monoisotopic (exact) mass is 389 g/mol. The molecule has 0 atom stereocenters. The second-order valence-electron chi connectivity index (χ2n) is 7.11. The van der Waals surface area contributed by atoms with Gasteiger partial charge >= 0.3 is 6.03 Å². The van der Waals surface area contributed by atoms with Gasteiger partial charge in [0.05, 0.1) is 17.2 Å². The summed E-state index contributed by atoms with van der Waals surface area (Å²) in [6.45, 7) is 1.60. The number of nitrogens with zero attached hydrogens (tertiary/aromatic N) is 3. The number of carbonyl (C=O) groups excluding carboxylic acids is 2. The fourth-order valence-corrected chi connectivity index (χ4v) is 3.37. The van der Waals surface area contributed by atoms with Gasteiger partial charge in [0.2, 0.25) is 0 Å². The Bertz CT molecular complexity index is 1010. The van der Waals surface area contributed by atoms with Gasteiger partial charge in [-0.15, -0.1) is 0 Å². The standard InChI is InChI=1S/C22H23N5O2/c28-21(20-15-23-18-7-3-4-8-19(18)26-20)24-16-9-11-17(12-10-16)25-22(29)27-13-5-1-2-6-14-27/h3-4,7-12,15H,1-2,5-6,13-14H2,(H,24,28)(H,25,29). The molecule has 1 saturated heterocycles. The highest BCUT2D eigenvalue weighted by Gasteiger charge is 2.15. The minimum Gasteiger partial charge on any atom is -0.325 e. The van der Waals surface area contributed by atoms with E-state index in [2.05, 4.69) is 20.6 Å². The van der Waals surface area contributed by atoms with E-state index in [4.69, 9.17) is 0 Å². The predicted octanol–water partition coefficient (Wildman–Crippen LogP) is 4.29. The molecule has 2 heterocycles. The molecular weight excluding hydrogens is 366 g/mol. The lowest BCUT2D eigenvalue weighted by Gasteiger charge is -2.20. The van der Waals surface area contributed by atoms with Crippen molar-refractivity contribution in [2.24, 2.45) is 0 Å². The van der Waals surface area contributed by atoms with Crippen LogP contribution in [-0.2, 0) is 0 Å². The largest absolute Gasteiger partial charge is 0.325 e. The van der Waals surface area contributed by atoms with E-state index in [1.807, 2.05) is 29.2 Å². The number of amides is 3. The van der Waals surface area contributed by atoms with Crippen LogP contribution in [0.15, 0.2) is 54.7 Å². The summed E-state index contributed by atoms with van der Waals surface area (Å²) in [6.07, 6.45) is 5.93. The Labute approximate surface area is 169 Å². The number of urea groups is 1. The third-order valence-corrected chi connectivity index (χ3v) is 4.97. The SMILES string of the molecule is O=C(Nc1ccc(NC(=O)N2CCCCCC2)cc1)c1cnc2ccccc2n1. The Hall–Kier alpha value is -3.48. The molecule has 148 valence electrons. The van der Waals surface area contributed by atoms with Gasteiger partial charge < -0.3 is 15.5 Å². The van der Waals surface area contributed by atoms with Crippen LogP contribution in [0.1, 0.15) is 36.2 Å². The summed E-state index contributed by atoms with van der Waals surface area (Å²) in [5.74, 6) is -0.329. The fraction of sp³-hybridized carbons (Fsp3) is 0.273. The minimum absolute atomic E-state index is 0.0740. The molecule has 0 aliphatic carbocycles. The van der Waals surface area contributed by atoms with Crippen LogP contribution in [0.3, 0.4) is 0 Å². The predicted molar refractivity (Wildman–Crippen MR) is 113 cm³/mol. The zero-order chi connectivity index (χ0) is 20.1. The first-order chi connectivity index (χ1) is 14.2. The maximum atomic E-state index is 12.5. The molecular formula is C22H23N5O2. The van der Waals surface area contributed by atoms with E-state index in [0.717, 1.165) is 31.4 Å². The van der Waals surface area contributed by atoms with Crippen LogP contribution >= 0.6 is 0 Å². The molecule has 2 N–H and O–H groups in total. The lowest BCUT2D eigenvalue weighted by Crippen LogP contribution is -2.35. The molecule has 2 aromatic carbocycles. The summed E-state index contributed by atoms with van der Waals surface area (Å²) in [5.41, 5.74) is 2.99. The Morgan fingerprint density at radius 1 is 0.793 bits per heavy atom. The molecule has 0 spiro atoms. The van der Waals surface area contributed by atoms with Crippen LogP contribution in [0.4, 0.5) is 16.2 Å².